The summed E-state index contributed by atoms with van der Waals surface area (Å²) in [5, 5.41) is 0. The summed E-state index contributed by atoms with van der Waals surface area (Å²) in [6.07, 6.45) is 0.535. The minimum atomic E-state index is 0.0592. The molecule has 0 aliphatic carbocycles. The van der Waals surface area contributed by atoms with Gasteiger partial charge < -0.3 is 9.47 Å². The van der Waals surface area contributed by atoms with Gasteiger partial charge in [0.1, 0.15) is 11.5 Å². The molecule has 0 saturated carbocycles. The van der Waals surface area contributed by atoms with Crippen LogP contribution < -0.4 is 9.47 Å². The lowest BCUT2D eigenvalue weighted by atomic mass is 10.1. The van der Waals surface area contributed by atoms with Gasteiger partial charge in [0.15, 0.2) is 11.6 Å². The third-order valence-electron chi connectivity index (χ3n) is 3.19. The number of benzene rings is 2. The molecule has 23 heavy (non-hydrogen) atoms. The summed E-state index contributed by atoms with van der Waals surface area (Å²) in [5.74, 6) is 1.66. The Kier molecular flexibility index (Phi) is 7.54. The minimum absolute atomic E-state index is 0.0592. The normalized spacial score (nSPS) is 9.39. The van der Waals surface area contributed by atoms with Gasteiger partial charge in [-0.15, -0.1) is 0 Å². The van der Waals surface area contributed by atoms with Crippen molar-refractivity contribution < 1.29 is 19.1 Å². The Morgan fingerprint density at radius 2 is 1.35 bits per heavy atom. The van der Waals surface area contributed by atoms with Gasteiger partial charge in [-0.3, -0.25) is 9.59 Å². The van der Waals surface area contributed by atoms with E-state index in [0.29, 0.717) is 12.0 Å². The first kappa shape index (κ1) is 18.4. The quantitative estimate of drug-likeness (QED) is 0.777. The second kappa shape index (κ2) is 9.41. The number of hydrogen-bond acceptors (Lipinski definition) is 4. The third kappa shape index (κ3) is 5.94. The van der Waals surface area contributed by atoms with Gasteiger partial charge in [0, 0.05) is 17.5 Å². The van der Waals surface area contributed by atoms with Crippen molar-refractivity contribution in [2.24, 2.45) is 0 Å². The number of methoxy groups -OCH3 is 2. The summed E-state index contributed by atoms with van der Waals surface area (Å²) >= 11 is 0. The van der Waals surface area contributed by atoms with Crippen LogP contribution in [0.1, 0.15) is 41.0 Å². The van der Waals surface area contributed by atoms with Crippen molar-refractivity contribution in [3.05, 3.63) is 59.7 Å². The van der Waals surface area contributed by atoms with E-state index in [2.05, 4.69) is 0 Å². The lowest BCUT2D eigenvalue weighted by molar-refractivity contribution is 0.0985. The average molecular weight is 314 g/mol. The Morgan fingerprint density at radius 1 is 0.870 bits per heavy atom. The van der Waals surface area contributed by atoms with Crippen LogP contribution in [-0.2, 0) is 0 Å². The second-order valence-corrected chi connectivity index (χ2v) is 4.80. The number of Topliss-reactive ketones (excluding diaryl/α,β-unsaturated/α-hetero) is 2. The number of ether oxygens (including phenoxy) is 2. The highest BCUT2D eigenvalue weighted by Gasteiger charge is 2.02. The molecule has 0 radical (unpaired) electrons. The Hall–Kier alpha value is -2.62. The van der Waals surface area contributed by atoms with E-state index < -0.39 is 0 Å². The second-order valence-electron chi connectivity index (χ2n) is 4.80. The molecular weight excluding hydrogens is 292 g/mol. The van der Waals surface area contributed by atoms with Crippen molar-refractivity contribution in [3.63, 3.8) is 0 Å². The molecule has 4 heteroatoms. The first-order chi connectivity index (χ1) is 11.0. The van der Waals surface area contributed by atoms with Gasteiger partial charge in [-0.25, -0.2) is 0 Å². The number of rotatable bonds is 5. The highest BCUT2D eigenvalue weighted by atomic mass is 16.5. The molecule has 0 bridgehead atoms. The standard InChI is InChI=1S/C10H12O2.C9H10O2/c1-3-10(11)8-5-4-6-9(7-8)12-2;1-7(10)8-4-3-5-9(6-8)11-2/h4-7H,3H2,1-2H3;3-6H,1-2H3. The van der Waals surface area contributed by atoms with E-state index in [1.807, 2.05) is 25.1 Å². The van der Waals surface area contributed by atoms with Gasteiger partial charge in [-0.2, -0.15) is 0 Å². The summed E-state index contributed by atoms with van der Waals surface area (Å²) in [6, 6.07) is 14.3. The Labute approximate surface area is 137 Å². The smallest absolute Gasteiger partial charge is 0.162 e. The van der Waals surface area contributed by atoms with Crippen molar-refractivity contribution in [1.82, 2.24) is 0 Å². The van der Waals surface area contributed by atoms with E-state index in [0.717, 1.165) is 17.1 Å². The molecule has 0 saturated heterocycles. The molecule has 0 unspecified atom stereocenters. The average Bonchev–Trinajstić information content (AvgIpc) is 2.61. The molecule has 0 N–H and O–H groups in total. The molecule has 4 nitrogen and oxygen atoms in total. The molecule has 0 aliphatic rings. The summed E-state index contributed by atoms with van der Waals surface area (Å²) < 4.78 is 9.95. The third-order valence-corrected chi connectivity index (χ3v) is 3.19. The number of carbonyl (C=O) groups excluding carboxylic acids is 2. The van der Waals surface area contributed by atoms with E-state index in [1.165, 1.54) is 6.92 Å². The number of carbonyl (C=O) groups is 2. The maximum atomic E-state index is 11.2. The molecule has 0 fully saturated rings. The molecule has 2 rings (SSSR count). The lowest BCUT2D eigenvalue weighted by Crippen LogP contribution is -1.96. The predicted octanol–water partition coefficient (Wildman–Crippen LogP) is 4.19. The van der Waals surface area contributed by atoms with Crippen LogP contribution >= 0.6 is 0 Å². The van der Waals surface area contributed by atoms with E-state index in [4.69, 9.17) is 9.47 Å². The number of hydrogen-bond donors (Lipinski definition) is 0. The zero-order valence-electron chi connectivity index (χ0n) is 14.0. The Bertz CT molecular complexity index is 662. The maximum Gasteiger partial charge on any atom is 0.162 e. The van der Waals surface area contributed by atoms with E-state index in [-0.39, 0.29) is 11.6 Å². The van der Waals surface area contributed by atoms with Crippen LogP contribution in [0.2, 0.25) is 0 Å². The molecule has 2 aromatic carbocycles. The summed E-state index contributed by atoms with van der Waals surface area (Å²) in [5.41, 5.74) is 1.40. The van der Waals surface area contributed by atoms with Gasteiger partial charge in [0.05, 0.1) is 14.2 Å². The molecule has 2 aromatic rings. The van der Waals surface area contributed by atoms with Crippen LogP contribution in [0.15, 0.2) is 48.5 Å². The Balaban J connectivity index is 0.000000231. The fraction of sp³-hybridized carbons (Fsp3) is 0.263. The van der Waals surface area contributed by atoms with Crippen molar-refractivity contribution >= 4 is 11.6 Å². The molecule has 0 atom stereocenters. The van der Waals surface area contributed by atoms with E-state index in [9.17, 15) is 9.59 Å². The fourth-order valence-corrected chi connectivity index (χ4v) is 1.84. The zero-order valence-corrected chi connectivity index (χ0v) is 14.0. The van der Waals surface area contributed by atoms with Crippen molar-refractivity contribution in [3.8, 4) is 11.5 Å². The Morgan fingerprint density at radius 3 is 1.78 bits per heavy atom. The molecule has 0 amide bonds. The predicted molar refractivity (Wildman–Crippen MR) is 90.6 cm³/mol. The fourth-order valence-electron chi connectivity index (χ4n) is 1.84. The first-order valence-corrected chi connectivity index (χ1v) is 7.34. The minimum Gasteiger partial charge on any atom is -0.497 e. The topological polar surface area (TPSA) is 52.6 Å². The first-order valence-electron chi connectivity index (χ1n) is 7.34. The monoisotopic (exact) mass is 314 g/mol. The van der Waals surface area contributed by atoms with E-state index in [1.54, 1.807) is 44.6 Å². The molecular formula is C19H22O4. The van der Waals surface area contributed by atoms with Crippen LogP contribution in [0.5, 0.6) is 11.5 Å². The lowest BCUT2D eigenvalue weighted by Gasteiger charge is -2.01. The van der Waals surface area contributed by atoms with Crippen LogP contribution in [0.25, 0.3) is 0 Å². The van der Waals surface area contributed by atoms with Gasteiger partial charge in [0.25, 0.3) is 0 Å². The van der Waals surface area contributed by atoms with Gasteiger partial charge in [-0.05, 0) is 31.2 Å². The highest BCUT2D eigenvalue weighted by molar-refractivity contribution is 5.96. The zero-order chi connectivity index (χ0) is 17.2. The SMILES string of the molecule is CCC(=O)c1cccc(OC)c1.COc1cccc(C(C)=O)c1. The van der Waals surface area contributed by atoms with Crippen molar-refractivity contribution in [2.75, 3.05) is 14.2 Å². The van der Waals surface area contributed by atoms with E-state index >= 15 is 0 Å². The van der Waals surface area contributed by atoms with Crippen LogP contribution in [0.3, 0.4) is 0 Å². The van der Waals surface area contributed by atoms with Crippen molar-refractivity contribution in [2.45, 2.75) is 20.3 Å². The highest BCUT2D eigenvalue weighted by Crippen LogP contribution is 2.14. The van der Waals surface area contributed by atoms with Gasteiger partial charge in [0.2, 0.25) is 0 Å². The molecule has 0 aliphatic heterocycles. The van der Waals surface area contributed by atoms with Gasteiger partial charge >= 0.3 is 0 Å². The largest absolute Gasteiger partial charge is 0.497 e. The van der Waals surface area contributed by atoms with Crippen LogP contribution in [0.4, 0.5) is 0 Å². The summed E-state index contributed by atoms with van der Waals surface area (Å²) in [4.78, 5) is 22.1. The molecule has 0 heterocycles. The number of ketones is 2. The molecule has 0 aromatic heterocycles. The molecule has 0 spiro atoms. The van der Waals surface area contributed by atoms with Crippen LogP contribution in [0, 0.1) is 0 Å². The van der Waals surface area contributed by atoms with Crippen molar-refractivity contribution in [1.29, 1.82) is 0 Å². The van der Waals surface area contributed by atoms with Gasteiger partial charge in [-0.1, -0.05) is 31.2 Å². The molecule has 122 valence electrons. The van der Waals surface area contributed by atoms with Crippen LogP contribution in [-0.4, -0.2) is 25.8 Å². The summed E-state index contributed by atoms with van der Waals surface area (Å²) in [6.45, 7) is 3.39. The maximum absolute atomic E-state index is 11.2. The summed E-state index contributed by atoms with van der Waals surface area (Å²) in [7, 11) is 3.18.